The zero-order valence-corrected chi connectivity index (χ0v) is 22.2. The maximum Gasteiger partial charge on any atom is 0.321 e. The predicted molar refractivity (Wildman–Crippen MR) is 156 cm³/mol. The molecule has 10 nitrogen and oxygen atoms in total. The molecule has 41 heavy (non-hydrogen) atoms. The van der Waals surface area contributed by atoms with E-state index in [9.17, 15) is 9.18 Å². The standard InChI is InChI=1S/C30H26FN9O/c1-39-9-11-40(12-10-39)30(41)34-22-13-19(15-32-17-22)20-14-24-27(37-38-28(24)33-16-20)29-35-25-4-2-3-23(26(25)36-29)18-5-7-21(31)8-6-18/h2-8,13-17H,9-12H2,1H3,(H,34,41)(H,35,36)(H,33,37,38). The van der Waals surface area contributed by atoms with Crippen molar-refractivity contribution in [3.8, 4) is 33.8 Å². The molecule has 204 valence electrons. The molecule has 0 bridgehead atoms. The minimum atomic E-state index is -0.284. The maximum absolute atomic E-state index is 13.5. The first kappa shape index (κ1) is 24.9. The van der Waals surface area contributed by atoms with Crippen molar-refractivity contribution in [3.63, 3.8) is 0 Å². The number of piperazine rings is 1. The third-order valence-electron chi connectivity index (χ3n) is 7.42. The van der Waals surface area contributed by atoms with Crippen LogP contribution in [0.2, 0.25) is 0 Å². The second-order valence-corrected chi connectivity index (χ2v) is 10.2. The van der Waals surface area contributed by atoms with Crippen molar-refractivity contribution in [2.24, 2.45) is 0 Å². The number of nitrogens with zero attached hydrogens (tertiary/aromatic N) is 6. The third kappa shape index (κ3) is 4.76. The molecule has 0 saturated carbocycles. The zero-order valence-electron chi connectivity index (χ0n) is 22.2. The molecule has 2 amide bonds. The second kappa shape index (κ2) is 10.1. The van der Waals surface area contributed by atoms with Crippen LogP contribution in [0.1, 0.15) is 0 Å². The number of aromatic amines is 2. The number of carbonyl (C=O) groups is 1. The fraction of sp³-hybridized carbons (Fsp3) is 0.167. The number of nitrogens with one attached hydrogen (secondary N) is 3. The van der Waals surface area contributed by atoms with Gasteiger partial charge in [-0.05, 0) is 42.9 Å². The summed E-state index contributed by atoms with van der Waals surface area (Å²) in [6.45, 7) is 3.07. The molecule has 0 unspecified atom stereocenters. The molecule has 5 heterocycles. The van der Waals surface area contributed by atoms with Crippen LogP contribution in [0.4, 0.5) is 14.9 Å². The number of fused-ring (bicyclic) bond motifs is 2. The molecule has 0 radical (unpaired) electrons. The molecule has 0 spiro atoms. The van der Waals surface area contributed by atoms with Gasteiger partial charge in [0, 0.05) is 55.3 Å². The first-order valence-electron chi connectivity index (χ1n) is 13.3. The van der Waals surface area contributed by atoms with E-state index < -0.39 is 0 Å². The predicted octanol–water partition coefficient (Wildman–Crippen LogP) is 5.15. The van der Waals surface area contributed by atoms with Gasteiger partial charge in [-0.3, -0.25) is 10.1 Å². The number of likely N-dealkylation sites (N-methyl/N-ethyl adjacent to an activating group) is 1. The van der Waals surface area contributed by atoms with Crippen molar-refractivity contribution in [1.82, 2.24) is 39.9 Å². The van der Waals surface area contributed by atoms with Crippen molar-refractivity contribution < 1.29 is 9.18 Å². The number of pyridine rings is 2. The molecule has 1 saturated heterocycles. The molecular weight excluding hydrogens is 521 g/mol. The van der Waals surface area contributed by atoms with Gasteiger partial charge in [-0.15, -0.1) is 0 Å². The number of benzene rings is 2. The fourth-order valence-electron chi connectivity index (χ4n) is 5.13. The number of para-hydroxylation sites is 1. The van der Waals surface area contributed by atoms with E-state index in [0.717, 1.165) is 51.8 Å². The summed E-state index contributed by atoms with van der Waals surface area (Å²) in [5.74, 6) is 0.305. The molecule has 1 aliphatic rings. The third-order valence-corrected chi connectivity index (χ3v) is 7.42. The SMILES string of the molecule is CN1CCN(C(=O)Nc2cncc(-c3cnc4[nH]nc(-c5nc6c(-c7ccc(F)cc7)cccc6[nH]5)c4c3)c2)CC1. The van der Waals surface area contributed by atoms with Gasteiger partial charge < -0.3 is 20.1 Å². The van der Waals surface area contributed by atoms with Gasteiger partial charge in [0.05, 0.1) is 28.3 Å². The molecule has 2 aromatic carbocycles. The quantitative estimate of drug-likeness (QED) is 0.281. The Bertz CT molecular complexity index is 1890. The molecule has 1 aliphatic heterocycles. The normalized spacial score (nSPS) is 14.1. The van der Waals surface area contributed by atoms with E-state index in [0.29, 0.717) is 35.9 Å². The van der Waals surface area contributed by atoms with Crippen LogP contribution in [-0.2, 0) is 0 Å². The van der Waals surface area contributed by atoms with Gasteiger partial charge in [0.2, 0.25) is 0 Å². The minimum absolute atomic E-state index is 0.132. The number of hydrogen-bond donors (Lipinski definition) is 3. The van der Waals surface area contributed by atoms with Crippen LogP contribution < -0.4 is 5.32 Å². The van der Waals surface area contributed by atoms with E-state index in [-0.39, 0.29) is 11.8 Å². The van der Waals surface area contributed by atoms with E-state index in [2.05, 4.69) is 42.4 Å². The van der Waals surface area contributed by atoms with Crippen molar-refractivity contribution >= 4 is 33.8 Å². The van der Waals surface area contributed by atoms with Crippen LogP contribution in [0.25, 0.3) is 55.8 Å². The smallest absolute Gasteiger partial charge is 0.321 e. The molecule has 11 heteroatoms. The Balaban J connectivity index is 1.20. The summed E-state index contributed by atoms with van der Waals surface area (Å²) in [5.41, 5.74) is 6.88. The Morgan fingerprint density at radius 2 is 1.76 bits per heavy atom. The molecule has 7 rings (SSSR count). The lowest BCUT2D eigenvalue weighted by molar-refractivity contribution is 0.164. The maximum atomic E-state index is 13.5. The Hall–Kier alpha value is -5.16. The van der Waals surface area contributed by atoms with Gasteiger partial charge in [0.1, 0.15) is 11.5 Å². The molecule has 3 N–H and O–H groups in total. The number of imidazole rings is 1. The molecule has 6 aromatic rings. The first-order valence-corrected chi connectivity index (χ1v) is 13.3. The number of carbonyl (C=O) groups excluding carboxylic acids is 1. The second-order valence-electron chi connectivity index (χ2n) is 10.2. The number of urea groups is 1. The summed E-state index contributed by atoms with van der Waals surface area (Å²) in [6, 6.07) is 16.0. The largest absolute Gasteiger partial charge is 0.337 e. The highest BCUT2D eigenvalue weighted by Crippen LogP contribution is 2.33. The Labute approximate surface area is 234 Å². The summed E-state index contributed by atoms with van der Waals surface area (Å²) in [7, 11) is 2.05. The summed E-state index contributed by atoms with van der Waals surface area (Å²) in [6.07, 6.45) is 5.13. The molecule has 4 aromatic heterocycles. The summed E-state index contributed by atoms with van der Waals surface area (Å²) in [4.78, 5) is 34.0. The highest BCUT2D eigenvalue weighted by molar-refractivity contribution is 5.97. The molecule has 0 aliphatic carbocycles. The number of aromatic nitrogens is 6. The fourth-order valence-corrected chi connectivity index (χ4v) is 5.13. The number of anilines is 1. The van der Waals surface area contributed by atoms with Crippen molar-refractivity contribution in [3.05, 3.63) is 79.0 Å². The van der Waals surface area contributed by atoms with Crippen LogP contribution in [-0.4, -0.2) is 79.2 Å². The lowest BCUT2D eigenvalue weighted by Crippen LogP contribution is -2.48. The van der Waals surface area contributed by atoms with Gasteiger partial charge in [0.25, 0.3) is 0 Å². The van der Waals surface area contributed by atoms with Crippen molar-refractivity contribution in [2.45, 2.75) is 0 Å². The topological polar surface area (TPSA) is 119 Å². The average Bonchev–Trinajstić information content (AvgIpc) is 3.62. The summed E-state index contributed by atoms with van der Waals surface area (Å²) in [5, 5.41) is 11.3. The van der Waals surface area contributed by atoms with Crippen LogP contribution in [0.3, 0.4) is 0 Å². The lowest BCUT2D eigenvalue weighted by Gasteiger charge is -2.32. The van der Waals surface area contributed by atoms with Gasteiger partial charge in [0.15, 0.2) is 11.5 Å². The monoisotopic (exact) mass is 547 g/mol. The van der Waals surface area contributed by atoms with Crippen molar-refractivity contribution in [1.29, 1.82) is 0 Å². The van der Waals surface area contributed by atoms with Gasteiger partial charge in [-0.1, -0.05) is 24.3 Å². The van der Waals surface area contributed by atoms with E-state index in [1.165, 1.54) is 12.1 Å². The number of H-pyrrole nitrogens is 2. The van der Waals surface area contributed by atoms with Gasteiger partial charge in [-0.2, -0.15) is 5.10 Å². The highest BCUT2D eigenvalue weighted by Gasteiger charge is 2.20. The minimum Gasteiger partial charge on any atom is -0.337 e. The Morgan fingerprint density at radius 3 is 2.59 bits per heavy atom. The highest BCUT2D eigenvalue weighted by atomic mass is 19.1. The summed E-state index contributed by atoms with van der Waals surface area (Å²) < 4.78 is 13.5. The Kier molecular flexibility index (Phi) is 6.12. The van der Waals surface area contributed by atoms with E-state index in [1.54, 1.807) is 30.7 Å². The van der Waals surface area contributed by atoms with Gasteiger partial charge >= 0.3 is 6.03 Å². The van der Waals surface area contributed by atoms with E-state index in [1.807, 2.05) is 35.2 Å². The molecule has 0 atom stereocenters. The number of hydrogen-bond acceptors (Lipinski definition) is 6. The first-order chi connectivity index (χ1) is 20.0. The number of halogens is 1. The van der Waals surface area contributed by atoms with Crippen LogP contribution in [0.15, 0.2) is 73.2 Å². The zero-order chi connectivity index (χ0) is 27.9. The Morgan fingerprint density at radius 1 is 0.951 bits per heavy atom. The van der Waals surface area contributed by atoms with E-state index in [4.69, 9.17) is 4.98 Å². The van der Waals surface area contributed by atoms with Crippen LogP contribution in [0, 0.1) is 5.82 Å². The van der Waals surface area contributed by atoms with Crippen LogP contribution in [0.5, 0.6) is 0 Å². The summed E-state index contributed by atoms with van der Waals surface area (Å²) >= 11 is 0. The van der Waals surface area contributed by atoms with Gasteiger partial charge in [-0.25, -0.2) is 19.2 Å². The molecular formula is C30H26FN9O. The number of amides is 2. The average molecular weight is 548 g/mol. The number of rotatable bonds is 4. The molecule has 1 fully saturated rings. The van der Waals surface area contributed by atoms with Crippen molar-refractivity contribution in [2.75, 3.05) is 38.5 Å². The van der Waals surface area contributed by atoms with Crippen LogP contribution >= 0.6 is 0 Å². The van der Waals surface area contributed by atoms with E-state index >= 15 is 0 Å². The lowest BCUT2D eigenvalue weighted by atomic mass is 10.0.